The molecule has 4 rings (SSSR count). The molecule has 0 bridgehead atoms. The number of aryl methyl sites for hydroxylation is 2. The van der Waals surface area contributed by atoms with Gasteiger partial charge in [-0.15, -0.1) is 0 Å². The molecule has 0 atom stereocenters. The van der Waals surface area contributed by atoms with Gasteiger partial charge in [-0.25, -0.2) is 0 Å². The maximum Gasteiger partial charge on any atom is 0.282 e. The minimum absolute atomic E-state index is 0.183. The van der Waals surface area contributed by atoms with E-state index >= 15 is 0 Å². The highest BCUT2D eigenvalue weighted by Crippen LogP contribution is 2.27. The number of hydrogen-bond acceptors (Lipinski definition) is 4. The zero-order chi connectivity index (χ0) is 18.3. The Morgan fingerprint density at radius 3 is 2.88 bits per heavy atom. The number of benzene rings is 2. The van der Waals surface area contributed by atoms with Crippen LogP contribution in [0.3, 0.4) is 0 Å². The van der Waals surface area contributed by atoms with Gasteiger partial charge < -0.3 is 14.5 Å². The van der Waals surface area contributed by atoms with Gasteiger partial charge in [-0.3, -0.25) is 10.2 Å². The SMILES string of the molecule is COc1ccc2[nH]c(C(=O)NN3COc4ccc(C)cc4C3)c(C)c2c1. The average molecular weight is 351 g/mol. The number of fused-ring (bicyclic) bond motifs is 2. The molecule has 2 aromatic carbocycles. The fraction of sp³-hybridized carbons (Fsp3) is 0.250. The molecule has 0 radical (unpaired) electrons. The van der Waals surface area contributed by atoms with Gasteiger partial charge in [0.2, 0.25) is 0 Å². The molecule has 0 fully saturated rings. The number of hydrazine groups is 1. The molecule has 26 heavy (non-hydrogen) atoms. The normalized spacial score (nSPS) is 14.0. The van der Waals surface area contributed by atoms with Crippen molar-refractivity contribution < 1.29 is 14.3 Å². The molecule has 1 aliphatic heterocycles. The summed E-state index contributed by atoms with van der Waals surface area (Å²) in [5.41, 5.74) is 7.51. The highest BCUT2D eigenvalue weighted by Gasteiger charge is 2.22. The first-order valence-electron chi connectivity index (χ1n) is 8.49. The van der Waals surface area contributed by atoms with Gasteiger partial charge in [-0.05, 0) is 43.7 Å². The van der Waals surface area contributed by atoms with E-state index in [1.807, 2.05) is 44.2 Å². The van der Waals surface area contributed by atoms with E-state index in [0.29, 0.717) is 19.0 Å². The lowest BCUT2D eigenvalue weighted by Gasteiger charge is -2.29. The number of ether oxygens (including phenoxy) is 2. The first kappa shape index (κ1) is 16.5. The molecule has 6 nitrogen and oxygen atoms in total. The standard InChI is InChI=1S/C20H21N3O3/c1-12-4-7-18-14(8-12)10-23(11-26-18)22-20(24)19-13(2)16-9-15(25-3)5-6-17(16)21-19/h4-9,21H,10-11H2,1-3H3,(H,22,24). The Labute approximate surface area is 151 Å². The van der Waals surface area contributed by atoms with Gasteiger partial charge in [0.05, 0.1) is 13.7 Å². The van der Waals surface area contributed by atoms with Crippen molar-refractivity contribution in [3.8, 4) is 11.5 Å². The molecule has 6 heteroatoms. The van der Waals surface area contributed by atoms with Crippen LogP contribution >= 0.6 is 0 Å². The molecule has 2 heterocycles. The third-order valence-electron chi connectivity index (χ3n) is 4.71. The van der Waals surface area contributed by atoms with Gasteiger partial charge in [0, 0.05) is 16.5 Å². The molecule has 0 saturated heterocycles. The quantitative estimate of drug-likeness (QED) is 0.760. The highest BCUT2D eigenvalue weighted by atomic mass is 16.5. The Bertz CT molecular complexity index is 993. The van der Waals surface area contributed by atoms with Crippen LogP contribution in [0, 0.1) is 13.8 Å². The van der Waals surface area contributed by atoms with Crippen molar-refractivity contribution in [3.05, 3.63) is 58.8 Å². The van der Waals surface area contributed by atoms with E-state index in [0.717, 1.165) is 33.5 Å². The lowest BCUT2D eigenvalue weighted by Crippen LogP contribution is -2.46. The Balaban J connectivity index is 1.55. The van der Waals surface area contributed by atoms with E-state index in [1.54, 1.807) is 12.1 Å². The third kappa shape index (κ3) is 2.88. The van der Waals surface area contributed by atoms with Gasteiger partial charge >= 0.3 is 0 Å². The summed E-state index contributed by atoms with van der Waals surface area (Å²) in [7, 11) is 1.63. The number of methoxy groups -OCH3 is 1. The Morgan fingerprint density at radius 2 is 2.08 bits per heavy atom. The molecule has 0 unspecified atom stereocenters. The molecule has 1 aromatic heterocycles. The molecular formula is C20H21N3O3. The van der Waals surface area contributed by atoms with Crippen molar-refractivity contribution in [2.75, 3.05) is 13.8 Å². The largest absolute Gasteiger partial charge is 0.497 e. The van der Waals surface area contributed by atoms with Gasteiger partial charge in [0.15, 0.2) is 6.73 Å². The second kappa shape index (κ2) is 6.38. The van der Waals surface area contributed by atoms with Crippen LogP contribution in [0.15, 0.2) is 36.4 Å². The molecule has 0 spiro atoms. The van der Waals surface area contributed by atoms with Gasteiger partial charge in [-0.2, -0.15) is 5.01 Å². The van der Waals surface area contributed by atoms with Crippen molar-refractivity contribution in [2.24, 2.45) is 0 Å². The fourth-order valence-electron chi connectivity index (χ4n) is 3.30. The predicted octanol–water partition coefficient (Wildman–Crippen LogP) is 3.29. The van der Waals surface area contributed by atoms with Gasteiger partial charge in [-0.1, -0.05) is 17.7 Å². The van der Waals surface area contributed by atoms with E-state index in [2.05, 4.69) is 16.5 Å². The summed E-state index contributed by atoms with van der Waals surface area (Å²) in [6.45, 7) is 4.89. The molecule has 3 aromatic rings. The van der Waals surface area contributed by atoms with Crippen LogP contribution in [-0.2, 0) is 6.54 Å². The minimum Gasteiger partial charge on any atom is -0.497 e. The van der Waals surface area contributed by atoms with Crippen LogP contribution in [0.25, 0.3) is 10.9 Å². The fourth-order valence-corrected chi connectivity index (χ4v) is 3.30. The molecule has 0 saturated carbocycles. The summed E-state index contributed by atoms with van der Waals surface area (Å²) in [6, 6.07) is 11.8. The minimum atomic E-state index is -0.183. The van der Waals surface area contributed by atoms with Crippen LogP contribution in [0.1, 0.15) is 27.2 Å². The van der Waals surface area contributed by atoms with Crippen LogP contribution in [0.5, 0.6) is 11.5 Å². The number of rotatable bonds is 3. The molecule has 1 amide bonds. The number of carbonyl (C=O) groups excluding carboxylic acids is 1. The number of amides is 1. The maximum atomic E-state index is 12.8. The average Bonchev–Trinajstić information content (AvgIpc) is 2.97. The number of nitrogens with one attached hydrogen (secondary N) is 2. The van der Waals surface area contributed by atoms with Crippen molar-refractivity contribution >= 4 is 16.8 Å². The number of H-pyrrole nitrogens is 1. The Hall–Kier alpha value is -2.99. The summed E-state index contributed by atoms with van der Waals surface area (Å²) >= 11 is 0. The van der Waals surface area contributed by atoms with E-state index in [1.165, 1.54) is 5.56 Å². The van der Waals surface area contributed by atoms with Crippen molar-refractivity contribution in [1.29, 1.82) is 0 Å². The highest BCUT2D eigenvalue weighted by molar-refractivity contribution is 6.01. The van der Waals surface area contributed by atoms with Gasteiger partial charge in [0.1, 0.15) is 17.2 Å². The summed E-state index contributed by atoms with van der Waals surface area (Å²) in [6.07, 6.45) is 0. The monoisotopic (exact) mass is 351 g/mol. The van der Waals surface area contributed by atoms with Crippen LogP contribution in [0.2, 0.25) is 0 Å². The second-order valence-electron chi connectivity index (χ2n) is 6.56. The zero-order valence-corrected chi connectivity index (χ0v) is 15.1. The molecular weight excluding hydrogens is 330 g/mol. The van der Waals surface area contributed by atoms with E-state index in [9.17, 15) is 4.79 Å². The lowest BCUT2D eigenvalue weighted by atomic mass is 10.1. The topological polar surface area (TPSA) is 66.6 Å². The van der Waals surface area contributed by atoms with Gasteiger partial charge in [0.25, 0.3) is 5.91 Å². The predicted molar refractivity (Wildman–Crippen MR) is 99.3 cm³/mol. The Kier molecular flexibility index (Phi) is 4.05. The number of nitrogens with zero attached hydrogens (tertiary/aromatic N) is 1. The third-order valence-corrected chi connectivity index (χ3v) is 4.71. The van der Waals surface area contributed by atoms with E-state index < -0.39 is 0 Å². The number of carbonyl (C=O) groups is 1. The van der Waals surface area contributed by atoms with E-state index in [4.69, 9.17) is 9.47 Å². The second-order valence-corrected chi connectivity index (χ2v) is 6.56. The van der Waals surface area contributed by atoms with Crippen LogP contribution in [-0.4, -0.2) is 29.7 Å². The molecule has 1 aliphatic rings. The van der Waals surface area contributed by atoms with Crippen LogP contribution in [0.4, 0.5) is 0 Å². The van der Waals surface area contributed by atoms with Crippen molar-refractivity contribution in [2.45, 2.75) is 20.4 Å². The number of aromatic amines is 1. The first-order valence-corrected chi connectivity index (χ1v) is 8.49. The summed E-state index contributed by atoms with van der Waals surface area (Å²) in [4.78, 5) is 16.0. The van der Waals surface area contributed by atoms with Crippen LogP contribution < -0.4 is 14.9 Å². The van der Waals surface area contributed by atoms with Crippen molar-refractivity contribution in [1.82, 2.24) is 15.4 Å². The zero-order valence-electron chi connectivity index (χ0n) is 15.1. The smallest absolute Gasteiger partial charge is 0.282 e. The van der Waals surface area contributed by atoms with Crippen molar-refractivity contribution in [3.63, 3.8) is 0 Å². The number of hydrogen-bond donors (Lipinski definition) is 2. The van der Waals surface area contributed by atoms with E-state index in [-0.39, 0.29) is 5.91 Å². The summed E-state index contributed by atoms with van der Waals surface area (Å²) < 4.78 is 11.0. The molecule has 2 N–H and O–H groups in total. The first-order chi connectivity index (χ1) is 12.5. The lowest BCUT2D eigenvalue weighted by molar-refractivity contribution is 0.0388. The maximum absolute atomic E-state index is 12.8. The Morgan fingerprint density at radius 1 is 1.23 bits per heavy atom. The molecule has 134 valence electrons. The summed E-state index contributed by atoms with van der Waals surface area (Å²) in [5.74, 6) is 1.45. The summed E-state index contributed by atoms with van der Waals surface area (Å²) in [5, 5.41) is 2.75. The number of aromatic nitrogens is 1. The molecule has 0 aliphatic carbocycles.